The van der Waals surface area contributed by atoms with Gasteiger partial charge in [-0.25, -0.2) is 0 Å². The lowest BCUT2D eigenvalue weighted by Crippen LogP contribution is -2.51. The van der Waals surface area contributed by atoms with Crippen LogP contribution in [-0.4, -0.2) is 57.8 Å². The Kier molecular flexibility index (Phi) is 9.29. The van der Waals surface area contributed by atoms with Crippen molar-refractivity contribution >= 4 is 18.3 Å². The molecule has 1 amide bonds. The Morgan fingerprint density at radius 1 is 1.25 bits per heavy atom. The third-order valence-corrected chi connectivity index (χ3v) is 4.46. The number of ether oxygens (including phenoxy) is 2. The molecule has 0 atom stereocenters. The lowest BCUT2D eigenvalue weighted by atomic mass is 9.78. The van der Waals surface area contributed by atoms with Gasteiger partial charge in [0.15, 0.2) is 0 Å². The Morgan fingerprint density at radius 2 is 1.92 bits per heavy atom. The topological polar surface area (TPSA) is 50.8 Å². The van der Waals surface area contributed by atoms with E-state index in [-0.39, 0.29) is 23.7 Å². The molecule has 6 heteroatoms. The molecule has 1 aliphatic heterocycles. The van der Waals surface area contributed by atoms with Crippen LogP contribution in [0, 0.1) is 5.41 Å². The van der Waals surface area contributed by atoms with Gasteiger partial charge < -0.3 is 19.7 Å². The molecule has 1 aromatic carbocycles. The van der Waals surface area contributed by atoms with E-state index in [0.717, 1.165) is 31.5 Å². The minimum atomic E-state index is -0.381. The first kappa shape index (κ1) is 20.9. The number of methoxy groups -OCH3 is 1. The van der Waals surface area contributed by atoms with Crippen molar-refractivity contribution in [3.63, 3.8) is 0 Å². The number of hydrogen-bond donors (Lipinski definition) is 1. The first-order valence-corrected chi connectivity index (χ1v) is 8.25. The average molecular weight is 357 g/mol. The maximum absolute atomic E-state index is 12.8. The second-order valence-electron chi connectivity index (χ2n) is 6.23. The zero-order chi connectivity index (χ0) is 16.5. The third kappa shape index (κ3) is 5.74. The van der Waals surface area contributed by atoms with Crippen LogP contribution in [0.5, 0.6) is 0 Å². The van der Waals surface area contributed by atoms with Crippen LogP contribution in [0.4, 0.5) is 0 Å². The number of nitrogens with one attached hydrogen (secondary N) is 1. The predicted molar refractivity (Wildman–Crippen MR) is 97.4 cm³/mol. The van der Waals surface area contributed by atoms with Gasteiger partial charge in [-0.1, -0.05) is 30.3 Å². The fourth-order valence-electron chi connectivity index (χ4n) is 3.07. The molecule has 1 aromatic rings. The summed E-state index contributed by atoms with van der Waals surface area (Å²) in [6, 6.07) is 10.1. The molecule has 0 aromatic heterocycles. The predicted octanol–water partition coefficient (Wildman–Crippen LogP) is 2.10. The van der Waals surface area contributed by atoms with Crippen molar-refractivity contribution in [3.05, 3.63) is 35.9 Å². The quantitative estimate of drug-likeness (QED) is 0.725. The van der Waals surface area contributed by atoms with E-state index in [2.05, 4.69) is 5.32 Å². The third-order valence-electron chi connectivity index (χ3n) is 4.46. The number of piperidine rings is 1. The highest BCUT2D eigenvalue weighted by Crippen LogP contribution is 2.31. The van der Waals surface area contributed by atoms with Gasteiger partial charge in [0.25, 0.3) is 0 Å². The smallest absolute Gasteiger partial charge is 0.231 e. The summed E-state index contributed by atoms with van der Waals surface area (Å²) in [6.07, 6.45) is 1.66. The molecule has 1 fully saturated rings. The van der Waals surface area contributed by atoms with Crippen molar-refractivity contribution in [1.29, 1.82) is 0 Å². The Balaban J connectivity index is 0.00000288. The van der Waals surface area contributed by atoms with E-state index >= 15 is 0 Å². The second-order valence-corrected chi connectivity index (χ2v) is 6.23. The standard InChI is InChI=1S/C18H28N2O3.ClH/c1-20(12-13-23-14-16-6-4-3-5-7-16)17(21)18(15-22-2)8-10-19-11-9-18;/h3-7,19H,8-15H2,1-2H3;1H. The van der Waals surface area contributed by atoms with E-state index in [4.69, 9.17) is 9.47 Å². The highest BCUT2D eigenvalue weighted by atomic mass is 35.5. The van der Waals surface area contributed by atoms with E-state index in [9.17, 15) is 4.79 Å². The van der Waals surface area contributed by atoms with Gasteiger partial charge in [-0.05, 0) is 31.5 Å². The Hall–Kier alpha value is -1.14. The number of likely N-dealkylation sites (N-methyl/N-ethyl adjacent to an activating group) is 1. The molecule has 136 valence electrons. The number of nitrogens with zero attached hydrogens (tertiary/aromatic N) is 1. The Bertz CT molecular complexity index is 473. The zero-order valence-corrected chi connectivity index (χ0v) is 15.4. The van der Waals surface area contributed by atoms with Crippen molar-refractivity contribution in [2.24, 2.45) is 5.41 Å². The molecule has 1 heterocycles. The van der Waals surface area contributed by atoms with Gasteiger partial charge in [0.1, 0.15) is 0 Å². The minimum absolute atomic E-state index is 0. The molecule has 24 heavy (non-hydrogen) atoms. The van der Waals surface area contributed by atoms with Crippen molar-refractivity contribution < 1.29 is 14.3 Å². The molecule has 2 rings (SSSR count). The van der Waals surface area contributed by atoms with E-state index in [1.54, 1.807) is 12.0 Å². The van der Waals surface area contributed by atoms with Gasteiger partial charge in [-0.3, -0.25) is 4.79 Å². The molecule has 0 bridgehead atoms. The van der Waals surface area contributed by atoms with Crippen molar-refractivity contribution in [2.45, 2.75) is 19.4 Å². The lowest BCUT2D eigenvalue weighted by molar-refractivity contribution is -0.146. The zero-order valence-electron chi connectivity index (χ0n) is 14.6. The maximum atomic E-state index is 12.8. The van der Waals surface area contributed by atoms with E-state index < -0.39 is 0 Å². The van der Waals surface area contributed by atoms with E-state index in [1.807, 2.05) is 37.4 Å². The molecule has 1 N–H and O–H groups in total. The summed E-state index contributed by atoms with van der Waals surface area (Å²) in [5.41, 5.74) is 0.768. The summed E-state index contributed by atoms with van der Waals surface area (Å²) in [5, 5.41) is 3.31. The molecular weight excluding hydrogens is 328 g/mol. The van der Waals surface area contributed by atoms with Gasteiger partial charge in [-0.15, -0.1) is 12.4 Å². The SMILES string of the molecule is COCC1(C(=O)N(C)CCOCc2ccccc2)CCNCC1.Cl. The van der Waals surface area contributed by atoms with Crippen LogP contribution >= 0.6 is 12.4 Å². The second kappa shape index (κ2) is 10.7. The molecule has 0 saturated carbocycles. The maximum Gasteiger partial charge on any atom is 0.231 e. The first-order valence-electron chi connectivity index (χ1n) is 8.25. The Morgan fingerprint density at radius 3 is 2.54 bits per heavy atom. The number of amides is 1. The first-order chi connectivity index (χ1) is 11.2. The van der Waals surface area contributed by atoms with Crippen LogP contribution in [0.25, 0.3) is 0 Å². The average Bonchev–Trinajstić information content (AvgIpc) is 2.60. The Labute approximate surface area is 151 Å². The summed E-state index contributed by atoms with van der Waals surface area (Å²) in [4.78, 5) is 14.6. The van der Waals surface area contributed by atoms with Crippen LogP contribution in [0.2, 0.25) is 0 Å². The fraction of sp³-hybridized carbons (Fsp3) is 0.611. The molecular formula is C18H29ClN2O3. The normalized spacial score (nSPS) is 16.2. The largest absolute Gasteiger partial charge is 0.384 e. The molecule has 5 nitrogen and oxygen atoms in total. The van der Waals surface area contributed by atoms with Crippen LogP contribution in [0.15, 0.2) is 30.3 Å². The number of carbonyl (C=O) groups is 1. The van der Waals surface area contributed by atoms with Gasteiger partial charge in [0.2, 0.25) is 5.91 Å². The lowest BCUT2D eigenvalue weighted by Gasteiger charge is -2.38. The van der Waals surface area contributed by atoms with Gasteiger partial charge >= 0.3 is 0 Å². The summed E-state index contributed by atoms with van der Waals surface area (Å²) < 4.78 is 11.0. The highest BCUT2D eigenvalue weighted by molar-refractivity contribution is 5.85. The fourth-order valence-corrected chi connectivity index (χ4v) is 3.07. The van der Waals surface area contributed by atoms with E-state index in [1.165, 1.54) is 0 Å². The van der Waals surface area contributed by atoms with Crippen molar-refractivity contribution in [3.8, 4) is 0 Å². The number of rotatable bonds is 8. The van der Waals surface area contributed by atoms with Gasteiger partial charge in [0, 0.05) is 20.7 Å². The number of benzene rings is 1. The van der Waals surface area contributed by atoms with Crippen LogP contribution in [-0.2, 0) is 20.9 Å². The minimum Gasteiger partial charge on any atom is -0.384 e. The van der Waals surface area contributed by atoms with Crippen molar-refractivity contribution in [2.75, 3.05) is 47.0 Å². The number of hydrogen-bond acceptors (Lipinski definition) is 4. The molecule has 0 radical (unpaired) electrons. The molecule has 1 aliphatic rings. The van der Waals surface area contributed by atoms with Crippen LogP contribution < -0.4 is 5.32 Å². The van der Waals surface area contributed by atoms with Gasteiger partial charge in [0.05, 0.1) is 25.2 Å². The summed E-state index contributed by atoms with van der Waals surface area (Å²) in [7, 11) is 3.52. The van der Waals surface area contributed by atoms with Crippen LogP contribution in [0.3, 0.4) is 0 Å². The number of carbonyl (C=O) groups excluding carboxylic acids is 1. The highest BCUT2D eigenvalue weighted by Gasteiger charge is 2.41. The summed E-state index contributed by atoms with van der Waals surface area (Å²) in [6.45, 7) is 3.95. The molecule has 0 aliphatic carbocycles. The van der Waals surface area contributed by atoms with Crippen LogP contribution in [0.1, 0.15) is 18.4 Å². The molecule has 0 spiro atoms. The van der Waals surface area contributed by atoms with Crippen molar-refractivity contribution in [1.82, 2.24) is 10.2 Å². The monoisotopic (exact) mass is 356 g/mol. The van der Waals surface area contributed by atoms with Gasteiger partial charge in [-0.2, -0.15) is 0 Å². The summed E-state index contributed by atoms with van der Waals surface area (Å²) >= 11 is 0. The molecule has 1 saturated heterocycles. The molecule has 0 unspecified atom stereocenters. The van der Waals surface area contributed by atoms with E-state index in [0.29, 0.717) is 26.4 Å². The summed E-state index contributed by atoms with van der Waals surface area (Å²) in [5.74, 6) is 0.171. The number of halogens is 1.